The number of nitrogen functional groups attached to an aromatic ring is 1. The molecule has 0 unspecified atom stereocenters. The second-order valence-electron chi connectivity index (χ2n) is 8.12. The molecule has 1 saturated carbocycles. The molecule has 0 amide bonds. The summed E-state index contributed by atoms with van der Waals surface area (Å²) in [4.78, 5) is 41.9. The number of carbonyl (C=O) groups excluding carboxylic acids is 1. The molecule has 0 bridgehead atoms. The molecular formula is C21H22ClN7O3S. The average molecular weight is 488 g/mol. The Morgan fingerprint density at radius 1 is 1.21 bits per heavy atom. The van der Waals surface area contributed by atoms with E-state index in [1.165, 1.54) is 4.57 Å². The number of halogens is 1. The maximum Gasteiger partial charge on any atom is 0.330 e. The number of carbonyl (C=O) groups is 1. The zero-order valence-electron chi connectivity index (χ0n) is 17.7. The molecule has 3 aromatic rings. The van der Waals surface area contributed by atoms with Crippen LogP contribution in [0.1, 0.15) is 42.1 Å². The number of hydrogen-bond donors (Lipinski definition) is 2. The van der Waals surface area contributed by atoms with E-state index in [1.54, 1.807) is 6.07 Å². The summed E-state index contributed by atoms with van der Waals surface area (Å²) < 4.78 is 3.17. The number of rotatable bonds is 7. The Kier molecular flexibility index (Phi) is 5.75. The fraction of sp³-hybridized carbons (Fsp3) is 0.381. The van der Waals surface area contributed by atoms with E-state index in [-0.39, 0.29) is 23.2 Å². The van der Waals surface area contributed by atoms with Crippen molar-refractivity contribution in [2.24, 2.45) is 0 Å². The summed E-state index contributed by atoms with van der Waals surface area (Å²) in [6.07, 6.45) is 3.73. The highest BCUT2D eigenvalue weighted by atomic mass is 35.5. The molecule has 5 rings (SSSR count). The second kappa shape index (κ2) is 8.71. The molecular weight excluding hydrogens is 466 g/mol. The number of thioether (sulfide) groups is 1. The van der Waals surface area contributed by atoms with E-state index in [1.807, 2.05) is 22.8 Å². The maximum atomic E-state index is 13.0. The number of hydrogen-bond acceptors (Lipinski definition) is 8. The Morgan fingerprint density at radius 2 is 1.97 bits per heavy atom. The van der Waals surface area contributed by atoms with Gasteiger partial charge in [0.1, 0.15) is 11.4 Å². The first-order valence-electron chi connectivity index (χ1n) is 10.7. The number of aromatic nitrogens is 5. The summed E-state index contributed by atoms with van der Waals surface area (Å²) in [7, 11) is 0. The van der Waals surface area contributed by atoms with E-state index < -0.39 is 17.0 Å². The minimum atomic E-state index is -0.769. The first-order valence-corrected chi connectivity index (χ1v) is 12.1. The Balaban J connectivity index is 1.46. The third kappa shape index (κ3) is 4.18. The van der Waals surface area contributed by atoms with Crippen molar-refractivity contribution < 1.29 is 4.79 Å². The van der Waals surface area contributed by atoms with Gasteiger partial charge >= 0.3 is 5.69 Å². The summed E-state index contributed by atoms with van der Waals surface area (Å²) >= 11 is 7.37. The van der Waals surface area contributed by atoms with E-state index >= 15 is 0 Å². The van der Waals surface area contributed by atoms with Crippen LogP contribution in [0, 0.1) is 0 Å². The van der Waals surface area contributed by atoms with Crippen LogP contribution < -0.4 is 21.9 Å². The number of H-pyrrole nitrogens is 1. The third-order valence-electron chi connectivity index (χ3n) is 5.78. The van der Waals surface area contributed by atoms with Crippen LogP contribution in [0.5, 0.6) is 0 Å². The smallest absolute Gasteiger partial charge is 0.330 e. The molecule has 2 aromatic heterocycles. The van der Waals surface area contributed by atoms with Gasteiger partial charge in [-0.05, 0) is 43.9 Å². The summed E-state index contributed by atoms with van der Waals surface area (Å²) in [5.74, 6) is 0.0428. The summed E-state index contributed by atoms with van der Waals surface area (Å²) in [5, 5.41) is 9.76. The molecule has 10 nitrogen and oxygen atoms in total. The minimum Gasteiger partial charge on any atom is -0.384 e. The molecule has 0 spiro atoms. The predicted octanol–water partition coefficient (Wildman–Crippen LogP) is 2.26. The maximum absolute atomic E-state index is 13.0. The second-order valence-corrected chi connectivity index (χ2v) is 9.50. The molecule has 33 heavy (non-hydrogen) atoms. The average Bonchev–Trinajstić information content (AvgIpc) is 3.28. The Morgan fingerprint density at radius 3 is 2.67 bits per heavy atom. The number of nitrogens with one attached hydrogen (secondary N) is 1. The number of nitrogens with zero attached hydrogens (tertiary/aromatic N) is 5. The van der Waals surface area contributed by atoms with Gasteiger partial charge in [0.25, 0.3) is 5.56 Å². The number of ketones is 1. The highest BCUT2D eigenvalue weighted by molar-refractivity contribution is 7.99. The predicted molar refractivity (Wildman–Crippen MR) is 127 cm³/mol. The summed E-state index contributed by atoms with van der Waals surface area (Å²) in [6, 6.07) is 7.26. The molecule has 12 heteroatoms. The molecule has 1 aliphatic heterocycles. The van der Waals surface area contributed by atoms with Crippen molar-refractivity contribution in [1.82, 2.24) is 24.3 Å². The number of benzene rings is 1. The SMILES string of the molecule is Nc1c(C(=O)CSc2nnc(N3CCCC3)n2-c2cccc(Cl)c2)c(=O)[nH]c(=O)n1C1CC1. The molecule has 3 heterocycles. The molecule has 2 fully saturated rings. The van der Waals surface area contributed by atoms with Gasteiger partial charge in [-0.25, -0.2) is 4.79 Å². The summed E-state index contributed by atoms with van der Waals surface area (Å²) in [6.45, 7) is 1.74. The van der Waals surface area contributed by atoms with Gasteiger partial charge in [0, 0.05) is 24.2 Å². The Hall–Kier alpha value is -3.05. The number of anilines is 2. The fourth-order valence-electron chi connectivity index (χ4n) is 4.05. The fourth-order valence-corrected chi connectivity index (χ4v) is 5.06. The van der Waals surface area contributed by atoms with Gasteiger partial charge in [0.15, 0.2) is 10.9 Å². The van der Waals surface area contributed by atoms with E-state index in [2.05, 4.69) is 20.1 Å². The lowest BCUT2D eigenvalue weighted by Crippen LogP contribution is -2.36. The summed E-state index contributed by atoms with van der Waals surface area (Å²) in [5.41, 5.74) is 5.32. The molecule has 1 aliphatic carbocycles. The van der Waals surface area contributed by atoms with Crippen LogP contribution in [0.2, 0.25) is 5.02 Å². The van der Waals surface area contributed by atoms with Crippen LogP contribution >= 0.6 is 23.4 Å². The largest absolute Gasteiger partial charge is 0.384 e. The van der Waals surface area contributed by atoms with Crippen molar-refractivity contribution in [3.63, 3.8) is 0 Å². The molecule has 0 atom stereocenters. The number of aromatic amines is 1. The van der Waals surface area contributed by atoms with E-state index in [0.717, 1.165) is 56.2 Å². The molecule has 1 aromatic carbocycles. The van der Waals surface area contributed by atoms with Crippen LogP contribution in [-0.4, -0.2) is 48.9 Å². The minimum absolute atomic E-state index is 0.0671. The van der Waals surface area contributed by atoms with Crippen LogP contribution in [0.3, 0.4) is 0 Å². The third-order valence-corrected chi connectivity index (χ3v) is 6.94. The van der Waals surface area contributed by atoms with Crippen LogP contribution in [0.15, 0.2) is 39.0 Å². The zero-order valence-corrected chi connectivity index (χ0v) is 19.2. The van der Waals surface area contributed by atoms with Crippen molar-refractivity contribution in [3.8, 4) is 5.69 Å². The van der Waals surface area contributed by atoms with Gasteiger partial charge in [0.05, 0.1) is 11.4 Å². The first-order chi connectivity index (χ1) is 15.9. The molecule has 3 N–H and O–H groups in total. The topological polar surface area (TPSA) is 132 Å². The highest BCUT2D eigenvalue weighted by Gasteiger charge is 2.30. The van der Waals surface area contributed by atoms with Gasteiger partial charge in [-0.15, -0.1) is 10.2 Å². The van der Waals surface area contributed by atoms with Gasteiger partial charge in [-0.1, -0.05) is 29.4 Å². The Labute approximate surface area is 197 Å². The Bertz CT molecular complexity index is 1340. The van der Waals surface area contributed by atoms with E-state index in [0.29, 0.717) is 16.1 Å². The van der Waals surface area contributed by atoms with Crippen molar-refractivity contribution in [3.05, 3.63) is 55.7 Å². The van der Waals surface area contributed by atoms with Gasteiger partial charge in [0.2, 0.25) is 5.95 Å². The molecule has 0 radical (unpaired) electrons. The molecule has 172 valence electrons. The van der Waals surface area contributed by atoms with Crippen LogP contribution in [0.4, 0.5) is 11.8 Å². The van der Waals surface area contributed by atoms with Gasteiger partial charge in [-0.2, -0.15) is 0 Å². The zero-order chi connectivity index (χ0) is 23.1. The number of Topliss-reactive ketones (excluding diaryl/α,β-unsaturated/α-hetero) is 1. The van der Waals surface area contributed by atoms with Crippen molar-refractivity contribution in [2.45, 2.75) is 36.9 Å². The normalized spacial score (nSPS) is 15.8. The van der Waals surface area contributed by atoms with Crippen LogP contribution in [0.25, 0.3) is 5.69 Å². The van der Waals surface area contributed by atoms with E-state index in [9.17, 15) is 14.4 Å². The number of nitrogens with two attached hydrogens (primary N) is 1. The molecule has 1 saturated heterocycles. The van der Waals surface area contributed by atoms with Crippen LogP contribution in [-0.2, 0) is 0 Å². The highest BCUT2D eigenvalue weighted by Crippen LogP contribution is 2.35. The van der Waals surface area contributed by atoms with Crippen molar-refractivity contribution in [2.75, 3.05) is 29.5 Å². The lowest BCUT2D eigenvalue weighted by Gasteiger charge is -2.18. The lowest BCUT2D eigenvalue weighted by molar-refractivity contribution is 0.102. The monoisotopic (exact) mass is 487 g/mol. The molecule has 2 aliphatic rings. The van der Waals surface area contributed by atoms with E-state index in [4.69, 9.17) is 17.3 Å². The lowest BCUT2D eigenvalue weighted by atomic mass is 10.2. The van der Waals surface area contributed by atoms with Crippen molar-refractivity contribution >= 4 is 40.9 Å². The standard InChI is InChI=1S/C21H22ClN7O3S/c22-12-4-3-5-14(10-12)29-19(27-8-1-2-9-27)25-26-21(29)33-11-15(30)16-17(23)28(13-6-7-13)20(32)24-18(16)31/h3-5,10,13H,1-2,6-9,11,23H2,(H,24,31,32). The van der Waals surface area contributed by atoms with Crippen molar-refractivity contribution in [1.29, 1.82) is 0 Å². The quantitative estimate of drug-likeness (QED) is 0.383. The first kappa shape index (κ1) is 21.8. The van der Waals surface area contributed by atoms with Gasteiger partial charge in [-0.3, -0.25) is 23.7 Å². The van der Waals surface area contributed by atoms with Gasteiger partial charge < -0.3 is 10.6 Å².